The number of carbonyl (C=O) groups excluding carboxylic acids is 3. The molecule has 3 rings (SSSR count). The van der Waals surface area contributed by atoms with Crippen LogP contribution >= 0.6 is 11.3 Å². The number of hydrogen-bond donors (Lipinski definition) is 1. The van der Waals surface area contributed by atoms with Crippen LogP contribution in [0.5, 0.6) is 0 Å². The lowest BCUT2D eigenvalue weighted by Crippen LogP contribution is -2.23. The van der Waals surface area contributed by atoms with Gasteiger partial charge in [-0.2, -0.15) is 0 Å². The van der Waals surface area contributed by atoms with Crippen LogP contribution in [0.15, 0.2) is 28.2 Å². The molecule has 1 unspecified atom stereocenters. The van der Waals surface area contributed by atoms with Gasteiger partial charge in [0.15, 0.2) is 16.4 Å². The molecule has 0 bridgehead atoms. The molecule has 0 aliphatic carbocycles. The van der Waals surface area contributed by atoms with Gasteiger partial charge in [0, 0.05) is 17.4 Å². The molecule has 162 valence electrons. The number of sulfone groups is 1. The Kier molecular flexibility index (Phi) is 6.93. The quantitative estimate of drug-likeness (QED) is 0.601. The lowest BCUT2D eigenvalue weighted by atomic mass is 10.1. The van der Waals surface area contributed by atoms with Crippen molar-refractivity contribution in [2.75, 3.05) is 30.0 Å². The van der Waals surface area contributed by atoms with Crippen LogP contribution in [0, 0.1) is 5.92 Å². The van der Waals surface area contributed by atoms with Crippen LogP contribution in [-0.4, -0.2) is 51.0 Å². The van der Waals surface area contributed by atoms with Gasteiger partial charge < -0.3 is 19.2 Å². The van der Waals surface area contributed by atoms with Crippen LogP contribution < -0.4 is 5.32 Å². The highest BCUT2D eigenvalue weighted by atomic mass is 32.2. The number of nitrogens with one attached hydrogen (secondary N) is 1. The molecule has 2 aromatic heterocycles. The summed E-state index contributed by atoms with van der Waals surface area (Å²) in [5.41, 5.74) is 0.644. The fourth-order valence-corrected chi connectivity index (χ4v) is 5.92. The first-order chi connectivity index (χ1) is 14.3. The van der Waals surface area contributed by atoms with E-state index in [0.29, 0.717) is 17.7 Å². The molecule has 30 heavy (non-hydrogen) atoms. The molecule has 0 saturated carbocycles. The standard InChI is InChI=1S/C19H21NO8S2/c1-2-26-19(23)17-13(14-4-3-6-27-14)10-29-18(17)20-15(21)9-28-16(22)8-12-5-7-30(24,25)11-12/h3-4,6,10,12H,2,5,7-9,11H2,1H3,(H,20,21). The maximum Gasteiger partial charge on any atom is 0.341 e. The predicted molar refractivity (Wildman–Crippen MR) is 109 cm³/mol. The van der Waals surface area contributed by atoms with Crippen molar-refractivity contribution in [1.29, 1.82) is 0 Å². The van der Waals surface area contributed by atoms with E-state index in [9.17, 15) is 22.8 Å². The van der Waals surface area contributed by atoms with E-state index in [1.54, 1.807) is 24.4 Å². The van der Waals surface area contributed by atoms with Crippen molar-refractivity contribution in [3.63, 3.8) is 0 Å². The summed E-state index contributed by atoms with van der Waals surface area (Å²) in [4.78, 5) is 36.5. The zero-order valence-corrected chi connectivity index (χ0v) is 17.8. The number of carbonyl (C=O) groups is 3. The number of esters is 2. The second kappa shape index (κ2) is 9.43. The molecule has 0 spiro atoms. The zero-order chi connectivity index (χ0) is 21.7. The fraction of sp³-hybridized carbons (Fsp3) is 0.421. The molecule has 1 fully saturated rings. The van der Waals surface area contributed by atoms with Crippen LogP contribution in [0.2, 0.25) is 0 Å². The Morgan fingerprint density at radius 2 is 2.10 bits per heavy atom. The molecule has 1 atom stereocenters. The molecule has 2 aromatic rings. The summed E-state index contributed by atoms with van der Waals surface area (Å²) in [5.74, 6) is -1.68. The highest BCUT2D eigenvalue weighted by molar-refractivity contribution is 7.91. The van der Waals surface area contributed by atoms with Gasteiger partial charge in [-0.3, -0.25) is 9.59 Å². The molecule has 1 aliphatic rings. The maximum absolute atomic E-state index is 12.4. The minimum absolute atomic E-state index is 0.0397. The molecule has 0 radical (unpaired) electrons. The number of hydrogen-bond acceptors (Lipinski definition) is 9. The van der Waals surface area contributed by atoms with Gasteiger partial charge in [0.05, 0.1) is 24.4 Å². The SMILES string of the molecule is CCOC(=O)c1c(-c2ccco2)csc1NC(=O)COC(=O)CC1CCS(=O)(=O)C1. The molecule has 11 heteroatoms. The van der Waals surface area contributed by atoms with E-state index in [-0.39, 0.29) is 41.0 Å². The smallest absolute Gasteiger partial charge is 0.341 e. The maximum atomic E-state index is 12.4. The number of furan rings is 1. The molecular formula is C19H21NO8S2. The highest BCUT2D eigenvalue weighted by Gasteiger charge is 2.30. The summed E-state index contributed by atoms with van der Waals surface area (Å²) in [6.07, 6.45) is 1.83. The summed E-state index contributed by atoms with van der Waals surface area (Å²) >= 11 is 1.12. The van der Waals surface area contributed by atoms with Gasteiger partial charge in [0.1, 0.15) is 16.3 Å². The Morgan fingerprint density at radius 1 is 1.30 bits per heavy atom. The summed E-state index contributed by atoms with van der Waals surface area (Å²) in [7, 11) is -3.08. The molecule has 1 amide bonds. The second-order valence-corrected chi connectivity index (χ2v) is 9.84. The molecular weight excluding hydrogens is 434 g/mol. The first-order valence-electron chi connectivity index (χ1n) is 9.27. The molecule has 1 N–H and O–H groups in total. The van der Waals surface area contributed by atoms with Crippen LogP contribution in [0.4, 0.5) is 5.00 Å². The first kappa shape index (κ1) is 22.0. The van der Waals surface area contributed by atoms with Gasteiger partial charge in [0.25, 0.3) is 5.91 Å². The third kappa shape index (κ3) is 5.48. The zero-order valence-electron chi connectivity index (χ0n) is 16.2. The van der Waals surface area contributed by atoms with E-state index in [0.717, 1.165) is 11.3 Å². The van der Waals surface area contributed by atoms with E-state index < -0.39 is 34.3 Å². The van der Waals surface area contributed by atoms with Gasteiger partial charge in [0.2, 0.25) is 0 Å². The average molecular weight is 456 g/mol. The molecule has 0 aromatic carbocycles. The number of thiophene rings is 1. The molecule has 3 heterocycles. The van der Waals surface area contributed by atoms with Crippen molar-refractivity contribution >= 4 is 44.0 Å². The Hall–Kier alpha value is -2.66. The Balaban J connectivity index is 1.61. The average Bonchev–Trinajstić information content (AvgIpc) is 3.40. The number of amides is 1. The van der Waals surface area contributed by atoms with Crippen LogP contribution in [-0.2, 0) is 28.9 Å². The number of ether oxygens (including phenoxy) is 2. The van der Waals surface area contributed by atoms with E-state index in [4.69, 9.17) is 13.9 Å². The van der Waals surface area contributed by atoms with Crippen LogP contribution in [0.3, 0.4) is 0 Å². The lowest BCUT2D eigenvalue weighted by Gasteiger charge is -2.09. The highest BCUT2D eigenvalue weighted by Crippen LogP contribution is 2.36. The third-order valence-corrected chi connectivity index (χ3v) is 7.19. The minimum atomic E-state index is -3.08. The van der Waals surface area contributed by atoms with Gasteiger partial charge >= 0.3 is 11.9 Å². The van der Waals surface area contributed by atoms with E-state index >= 15 is 0 Å². The normalized spacial score (nSPS) is 17.4. The minimum Gasteiger partial charge on any atom is -0.464 e. The molecule has 9 nitrogen and oxygen atoms in total. The number of anilines is 1. The third-order valence-electron chi connectivity index (χ3n) is 4.46. The van der Waals surface area contributed by atoms with Gasteiger partial charge in [-0.05, 0) is 31.4 Å². The Morgan fingerprint density at radius 3 is 2.73 bits per heavy atom. The summed E-state index contributed by atoms with van der Waals surface area (Å²) in [5, 5.41) is 4.47. The number of rotatable bonds is 8. The van der Waals surface area contributed by atoms with Crippen molar-refractivity contribution in [2.45, 2.75) is 19.8 Å². The van der Waals surface area contributed by atoms with Gasteiger partial charge in [-0.1, -0.05) is 0 Å². The lowest BCUT2D eigenvalue weighted by molar-refractivity contribution is -0.148. The second-order valence-electron chi connectivity index (χ2n) is 6.73. The predicted octanol–water partition coefficient (Wildman–Crippen LogP) is 2.49. The van der Waals surface area contributed by atoms with Crippen molar-refractivity contribution in [2.24, 2.45) is 5.92 Å². The van der Waals surface area contributed by atoms with Crippen LogP contribution in [0.25, 0.3) is 11.3 Å². The van der Waals surface area contributed by atoms with Gasteiger partial charge in [-0.25, -0.2) is 13.2 Å². The topological polar surface area (TPSA) is 129 Å². The summed E-state index contributed by atoms with van der Waals surface area (Å²) < 4.78 is 38.3. The van der Waals surface area contributed by atoms with Crippen molar-refractivity contribution in [3.8, 4) is 11.3 Å². The Labute approximate surface area is 177 Å². The van der Waals surface area contributed by atoms with E-state index in [2.05, 4.69) is 5.32 Å². The van der Waals surface area contributed by atoms with Gasteiger partial charge in [-0.15, -0.1) is 11.3 Å². The molecule has 1 saturated heterocycles. The first-order valence-corrected chi connectivity index (χ1v) is 12.0. The molecule has 1 aliphatic heterocycles. The van der Waals surface area contributed by atoms with Crippen molar-refractivity contribution in [1.82, 2.24) is 0 Å². The monoisotopic (exact) mass is 455 g/mol. The summed E-state index contributed by atoms with van der Waals surface area (Å²) in [6, 6.07) is 3.36. The van der Waals surface area contributed by atoms with Crippen molar-refractivity contribution in [3.05, 3.63) is 29.3 Å². The van der Waals surface area contributed by atoms with E-state index in [1.807, 2.05) is 0 Å². The Bertz CT molecular complexity index is 1020. The fourth-order valence-electron chi connectivity index (χ4n) is 3.11. The summed E-state index contributed by atoms with van der Waals surface area (Å²) in [6.45, 7) is 1.28. The largest absolute Gasteiger partial charge is 0.464 e. The van der Waals surface area contributed by atoms with E-state index in [1.165, 1.54) is 6.26 Å². The van der Waals surface area contributed by atoms with Crippen molar-refractivity contribution < 1.29 is 36.7 Å². The van der Waals surface area contributed by atoms with Crippen LogP contribution in [0.1, 0.15) is 30.1 Å².